The molecule has 0 bridgehead atoms. The molecular weight excluding hydrogens is 382 g/mol. The molecule has 2 rings (SSSR count). The van der Waals surface area contributed by atoms with E-state index < -0.39 is 0 Å². The molecule has 1 atom stereocenters. The monoisotopic (exact) mass is 403 g/mol. The Hall–Kier alpha value is -0.100. The van der Waals surface area contributed by atoms with Gasteiger partial charge in [-0.25, -0.2) is 0 Å². The highest BCUT2D eigenvalue weighted by Crippen LogP contribution is 2.37. The Morgan fingerprint density at radius 3 is 2.65 bits per heavy atom. The average Bonchev–Trinajstić information content (AvgIpc) is 2.45. The summed E-state index contributed by atoms with van der Waals surface area (Å²) in [5.41, 5.74) is 8.45. The molecule has 112 valence electrons. The van der Waals surface area contributed by atoms with E-state index in [4.69, 9.17) is 5.73 Å². The van der Waals surface area contributed by atoms with Gasteiger partial charge in [0.15, 0.2) is 0 Å². The average molecular weight is 405 g/mol. The van der Waals surface area contributed by atoms with Gasteiger partial charge in [0.05, 0.1) is 5.69 Å². The van der Waals surface area contributed by atoms with Crippen molar-refractivity contribution in [1.29, 1.82) is 0 Å². The van der Waals surface area contributed by atoms with Crippen LogP contribution in [0.1, 0.15) is 37.8 Å². The molecule has 1 aromatic rings. The van der Waals surface area contributed by atoms with Crippen molar-refractivity contribution >= 4 is 37.5 Å². The van der Waals surface area contributed by atoms with E-state index in [1.165, 1.54) is 24.8 Å². The number of rotatable bonds is 5. The maximum atomic E-state index is 6.32. The number of nitrogens with one attached hydrogen (secondary N) is 1. The van der Waals surface area contributed by atoms with E-state index in [1.807, 2.05) is 6.07 Å². The molecular formula is C15H23Br2N3. The predicted octanol–water partition coefficient (Wildman–Crippen LogP) is 3.93. The van der Waals surface area contributed by atoms with Crippen molar-refractivity contribution < 1.29 is 0 Å². The first kappa shape index (κ1) is 16.3. The minimum absolute atomic E-state index is 0.422. The van der Waals surface area contributed by atoms with Crippen LogP contribution >= 0.6 is 31.9 Å². The van der Waals surface area contributed by atoms with Gasteiger partial charge in [0.2, 0.25) is 0 Å². The van der Waals surface area contributed by atoms with Crippen LogP contribution < -0.4 is 11.1 Å². The first-order valence-corrected chi connectivity index (χ1v) is 8.91. The fraction of sp³-hybridized carbons (Fsp3) is 0.600. The second-order valence-electron chi connectivity index (χ2n) is 5.33. The Labute approximate surface area is 138 Å². The SMILES string of the molecule is CCCC[C@H](c1cc(Br)cc(Br)c1N)N1CCNCC1. The molecule has 5 heteroatoms. The summed E-state index contributed by atoms with van der Waals surface area (Å²) >= 11 is 7.16. The van der Waals surface area contributed by atoms with E-state index in [1.54, 1.807) is 0 Å². The lowest BCUT2D eigenvalue weighted by atomic mass is 9.97. The Balaban J connectivity index is 2.29. The summed E-state index contributed by atoms with van der Waals surface area (Å²) in [6, 6.07) is 4.63. The molecule has 1 aliphatic heterocycles. The number of hydrogen-bond donors (Lipinski definition) is 2. The molecule has 20 heavy (non-hydrogen) atoms. The molecule has 1 aromatic carbocycles. The highest BCUT2D eigenvalue weighted by molar-refractivity contribution is 9.11. The van der Waals surface area contributed by atoms with Gasteiger partial charge in [0.25, 0.3) is 0 Å². The van der Waals surface area contributed by atoms with Gasteiger partial charge in [-0.15, -0.1) is 0 Å². The molecule has 3 nitrogen and oxygen atoms in total. The zero-order valence-corrected chi connectivity index (χ0v) is 15.1. The Morgan fingerprint density at radius 2 is 2.00 bits per heavy atom. The van der Waals surface area contributed by atoms with Crippen LogP contribution in [0.5, 0.6) is 0 Å². The fourth-order valence-electron chi connectivity index (χ4n) is 2.81. The van der Waals surface area contributed by atoms with Gasteiger partial charge in [-0.1, -0.05) is 35.7 Å². The summed E-state index contributed by atoms with van der Waals surface area (Å²) in [7, 11) is 0. The van der Waals surface area contributed by atoms with Gasteiger partial charge in [-0.05, 0) is 40.0 Å². The summed E-state index contributed by atoms with van der Waals surface area (Å²) in [5.74, 6) is 0. The first-order chi connectivity index (χ1) is 9.63. The van der Waals surface area contributed by atoms with Gasteiger partial charge >= 0.3 is 0 Å². The number of halogens is 2. The Morgan fingerprint density at radius 1 is 1.30 bits per heavy atom. The minimum atomic E-state index is 0.422. The van der Waals surface area contributed by atoms with Crippen LogP contribution in [0.25, 0.3) is 0 Å². The highest BCUT2D eigenvalue weighted by atomic mass is 79.9. The lowest BCUT2D eigenvalue weighted by molar-refractivity contribution is 0.163. The lowest BCUT2D eigenvalue weighted by Crippen LogP contribution is -2.45. The van der Waals surface area contributed by atoms with Crippen molar-refractivity contribution in [2.75, 3.05) is 31.9 Å². The number of benzene rings is 1. The van der Waals surface area contributed by atoms with Gasteiger partial charge < -0.3 is 11.1 Å². The lowest BCUT2D eigenvalue weighted by Gasteiger charge is -2.36. The number of nitrogen functional groups attached to an aromatic ring is 1. The van der Waals surface area contributed by atoms with Gasteiger partial charge in [0, 0.05) is 41.2 Å². The fourth-order valence-corrected chi connectivity index (χ4v) is 4.06. The van der Waals surface area contributed by atoms with E-state index in [0.717, 1.165) is 40.8 Å². The molecule has 1 saturated heterocycles. The van der Waals surface area contributed by atoms with Gasteiger partial charge in [0.1, 0.15) is 0 Å². The molecule has 0 aliphatic carbocycles. The van der Waals surface area contributed by atoms with E-state index in [9.17, 15) is 0 Å². The van der Waals surface area contributed by atoms with Crippen LogP contribution in [-0.2, 0) is 0 Å². The van der Waals surface area contributed by atoms with Crippen molar-refractivity contribution in [1.82, 2.24) is 10.2 Å². The number of nitrogens with two attached hydrogens (primary N) is 1. The number of hydrogen-bond acceptors (Lipinski definition) is 3. The maximum Gasteiger partial charge on any atom is 0.0507 e. The van der Waals surface area contributed by atoms with Gasteiger partial charge in [-0.2, -0.15) is 0 Å². The van der Waals surface area contributed by atoms with Crippen LogP contribution in [0.4, 0.5) is 5.69 Å². The van der Waals surface area contributed by atoms with Gasteiger partial charge in [-0.3, -0.25) is 4.90 Å². The van der Waals surface area contributed by atoms with Crippen LogP contribution in [0.2, 0.25) is 0 Å². The Kier molecular flexibility index (Phi) is 6.33. The zero-order chi connectivity index (χ0) is 14.5. The summed E-state index contributed by atoms with van der Waals surface area (Å²) in [5, 5.41) is 3.42. The standard InChI is InChI=1S/C15H23Br2N3/c1-2-3-4-14(20-7-5-19-6-8-20)12-9-11(16)10-13(17)15(12)18/h9-10,14,19H,2-8,18H2,1H3/t14-/m1/s1. The highest BCUT2D eigenvalue weighted by Gasteiger charge is 2.24. The van der Waals surface area contributed by atoms with Crippen molar-refractivity contribution in [3.63, 3.8) is 0 Å². The van der Waals surface area contributed by atoms with E-state index in [2.05, 4.69) is 55.1 Å². The molecule has 0 amide bonds. The number of anilines is 1. The maximum absolute atomic E-state index is 6.32. The number of piperazine rings is 1. The molecule has 0 radical (unpaired) electrons. The summed E-state index contributed by atoms with van der Waals surface area (Å²) in [6.07, 6.45) is 3.62. The van der Waals surface area contributed by atoms with Crippen LogP contribution in [0.3, 0.4) is 0 Å². The summed E-state index contributed by atoms with van der Waals surface area (Å²) in [4.78, 5) is 2.57. The molecule has 0 aromatic heterocycles. The largest absolute Gasteiger partial charge is 0.398 e. The third kappa shape index (κ3) is 3.97. The molecule has 3 N–H and O–H groups in total. The van der Waals surface area contributed by atoms with E-state index in [0.29, 0.717) is 6.04 Å². The molecule has 0 saturated carbocycles. The van der Waals surface area contributed by atoms with Crippen molar-refractivity contribution in [2.24, 2.45) is 0 Å². The normalized spacial score (nSPS) is 18.1. The van der Waals surface area contributed by atoms with Crippen molar-refractivity contribution in [2.45, 2.75) is 32.2 Å². The third-order valence-corrected chi connectivity index (χ3v) is 5.02. The van der Waals surface area contributed by atoms with Crippen LogP contribution in [0.15, 0.2) is 21.1 Å². The van der Waals surface area contributed by atoms with E-state index >= 15 is 0 Å². The summed E-state index contributed by atoms with van der Waals surface area (Å²) < 4.78 is 2.07. The summed E-state index contributed by atoms with van der Waals surface area (Å²) in [6.45, 7) is 6.57. The van der Waals surface area contributed by atoms with E-state index in [-0.39, 0.29) is 0 Å². The molecule has 1 heterocycles. The second kappa shape index (κ2) is 7.78. The Bertz CT molecular complexity index is 445. The number of unbranched alkanes of at least 4 members (excludes halogenated alkanes) is 1. The quantitative estimate of drug-likeness (QED) is 0.730. The van der Waals surface area contributed by atoms with Crippen LogP contribution in [-0.4, -0.2) is 31.1 Å². The minimum Gasteiger partial charge on any atom is -0.398 e. The first-order valence-electron chi connectivity index (χ1n) is 7.32. The molecule has 0 spiro atoms. The van der Waals surface area contributed by atoms with Crippen LogP contribution in [0, 0.1) is 0 Å². The second-order valence-corrected chi connectivity index (χ2v) is 7.10. The smallest absolute Gasteiger partial charge is 0.0507 e. The predicted molar refractivity (Wildman–Crippen MR) is 93.0 cm³/mol. The molecule has 1 aliphatic rings. The molecule has 1 fully saturated rings. The zero-order valence-electron chi connectivity index (χ0n) is 12.0. The van der Waals surface area contributed by atoms with Crippen molar-refractivity contribution in [3.8, 4) is 0 Å². The topological polar surface area (TPSA) is 41.3 Å². The number of nitrogens with zero attached hydrogens (tertiary/aromatic N) is 1. The third-order valence-electron chi connectivity index (χ3n) is 3.91. The van der Waals surface area contributed by atoms with Crippen molar-refractivity contribution in [3.05, 3.63) is 26.6 Å². The molecule has 0 unspecified atom stereocenters.